The molecule has 0 spiro atoms. The van der Waals surface area contributed by atoms with E-state index in [-0.39, 0.29) is 0 Å². The Kier molecular flexibility index (Phi) is 4.70. The molecular weight excluding hydrogens is 282 g/mol. The number of aryl methyl sites for hydroxylation is 2. The van der Waals surface area contributed by atoms with E-state index in [1.807, 2.05) is 12.1 Å². The predicted molar refractivity (Wildman–Crippen MR) is 95.2 cm³/mol. The van der Waals surface area contributed by atoms with Crippen molar-refractivity contribution in [2.24, 2.45) is 0 Å². The fourth-order valence-corrected chi connectivity index (χ4v) is 3.75. The second kappa shape index (κ2) is 6.74. The van der Waals surface area contributed by atoms with Crippen LogP contribution in [0.2, 0.25) is 0 Å². The molecule has 1 aliphatic rings. The van der Waals surface area contributed by atoms with E-state index in [2.05, 4.69) is 32.9 Å². The molecule has 0 saturated heterocycles. The van der Waals surface area contributed by atoms with Crippen LogP contribution in [0, 0.1) is 20.8 Å². The van der Waals surface area contributed by atoms with Crippen molar-refractivity contribution in [2.45, 2.75) is 65.2 Å². The van der Waals surface area contributed by atoms with Crippen LogP contribution in [0.4, 0.5) is 0 Å². The molecule has 0 bridgehead atoms. The van der Waals surface area contributed by atoms with E-state index in [1.165, 1.54) is 41.5 Å². The molecular formula is C21H27NO. The first kappa shape index (κ1) is 16.0. The molecule has 1 heterocycles. The minimum absolute atomic E-state index is 0.373. The number of aromatic nitrogens is 1. The van der Waals surface area contributed by atoms with Crippen LogP contribution < -0.4 is 0 Å². The molecule has 1 fully saturated rings. The highest BCUT2D eigenvalue weighted by Crippen LogP contribution is 2.36. The Morgan fingerprint density at radius 1 is 0.957 bits per heavy atom. The van der Waals surface area contributed by atoms with E-state index >= 15 is 0 Å². The Hall–Kier alpha value is -1.83. The second-order valence-corrected chi connectivity index (χ2v) is 7.02. The van der Waals surface area contributed by atoms with Gasteiger partial charge in [-0.05, 0) is 68.0 Å². The Morgan fingerprint density at radius 3 is 2.39 bits per heavy atom. The molecule has 1 aromatic carbocycles. The van der Waals surface area contributed by atoms with Crippen molar-refractivity contribution in [3.63, 3.8) is 0 Å². The third kappa shape index (κ3) is 3.41. The average Bonchev–Trinajstić information content (AvgIpc) is 2.57. The van der Waals surface area contributed by atoms with Crippen molar-refractivity contribution in [1.82, 2.24) is 4.98 Å². The van der Waals surface area contributed by atoms with Gasteiger partial charge in [-0.15, -0.1) is 0 Å². The van der Waals surface area contributed by atoms with Crippen molar-refractivity contribution in [1.29, 1.82) is 0 Å². The summed E-state index contributed by atoms with van der Waals surface area (Å²) in [6.07, 6.45) is 7.00. The summed E-state index contributed by atoms with van der Waals surface area (Å²) in [5.41, 5.74) is 7.38. The first-order valence-electron chi connectivity index (χ1n) is 8.80. The normalized spacial score (nSPS) is 15.8. The van der Waals surface area contributed by atoms with Crippen LogP contribution in [0.15, 0.2) is 24.3 Å². The maximum absolute atomic E-state index is 10.2. The van der Waals surface area contributed by atoms with Crippen LogP contribution in [0.3, 0.4) is 0 Å². The number of aromatic hydroxyl groups is 1. The molecule has 0 unspecified atom stereocenters. The number of hydrogen-bond donors (Lipinski definition) is 1. The standard InChI is InChI=1S/C21H27NO/c1-14-9-10-15(2)19(16(14)3)13-18-11-12-20(23)21(22-18)17-7-5-4-6-8-17/h9-12,17,23H,4-8,13H2,1-3H3. The maximum Gasteiger partial charge on any atom is 0.137 e. The van der Waals surface area contributed by atoms with E-state index < -0.39 is 0 Å². The maximum atomic E-state index is 10.2. The fourth-order valence-electron chi connectivity index (χ4n) is 3.75. The molecule has 122 valence electrons. The lowest BCUT2D eigenvalue weighted by atomic mass is 9.86. The topological polar surface area (TPSA) is 33.1 Å². The molecule has 0 aliphatic heterocycles. The smallest absolute Gasteiger partial charge is 0.137 e. The van der Waals surface area contributed by atoms with Gasteiger partial charge in [0, 0.05) is 18.0 Å². The lowest BCUT2D eigenvalue weighted by Gasteiger charge is -2.22. The first-order valence-corrected chi connectivity index (χ1v) is 8.80. The Labute approximate surface area is 139 Å². The van der Waals surface area contributed by atoms with Crippen molar-refractivity contribution < 1.29 is 5.11 Å². The van der Waals surface area contributed by atoms with Crippen LogP contribution in [0.25, 0.3) is 0 Å². The first-order chi connectivity index (χ1) is 11.1. The minimum atomic E-state index is 0.373. The van der Waals surface area contributed by atoms with Crippen LogP contribution in [0.5, 0.6) is 5.75 Å². The SMILES string of the molecule is Cc1ccc(C)c(Cc2ccc(O)c(C3CCCCC3)n2)c1C. The van der Waals surface area contributed by atoms with Gasteiger partial charge in [-0.3, -0.25) is 4.98 Å². The summed E-state index contributed by atoms with van der Waals surface area (Å²) in [7, 11) is 0. The molecule has 1 aromatic heterocycles. The highest BCUT2D eigenvalue weighted by atomic mass is 16.3. The molecule has 23 heavy (non-hydrogen) atoms. The van der Waals surface area contributed by atoms with E-state index in [0.717, 1.165) is 30.7 Å². The summed E-state index contributed by atoms with van der Waals surface area (Å²) < 4.78 is 0. The molecule has 1 N–H and O–H groups in total. The molecule has 2 aromatic rings. The summed E-state index contributed by atoms with van der Waals surface area (Å²) in [4.78, 5) is 4.85. The van der Waals surface area contributed by atoms with Gasteiger partial charge in [0.2, 0.25) is 0 Å². The highest BCUT2D eigenvalue weighted by molar-refractivity contribution is 5.42. The van der Waals surface area contributed by atoms with Gasteiger partial charge in [0.1, 0.15) is 5.75 Å². The molecule has 0 atom stereocenters. The van der Waals surface area contributed by atoms with Crippen LogP contribution >= 0.6 is 0 Å². The number of benzene rings is 1. The predicted octanol–water partition coefficient (Wildman–Crippen LogP) is 5.35. The van der Waals surface area contributed by atoms with Crippen LogP contribution in [-0.2, 0) is 6.42 Å². The molecule has 0 radical (unpaired) electrons. The van der Waals surface area contributed by atoms with Gasteiger partial charge >= 0.3 is 0 Å². The van der Waals surface area contributed by atoms with Crippen molar-refractivity contribution in [3.05, 3.63) is 57.9 Å². The Morgan fingerprint density at radius 2 is 1.65 bits per heavy atom. The molecule has 2 heteroatoms. The van der Waals surface area contributed by atoms with Gasteiger partial charge in [-0.2, -0.15) is 0 Å². The molecule has 3 rings (SSSR count). The lowest BCUT2D eigenvalue weighted by molar-refractivity contribution is 0.405. The third-order valence-corrected chi connectivity index (χ3v) is 5.41. The van der Waals surface area contributed by atoms with Crippen LogP contribution in [0.1, 0.15) is 71.7 Å². The summed E-state index contributed by atoms with van der Waals surface area (Å²) in [6.45, 7) is 6.53. The van der Waals surface area contributed by atoms with Crippen molar-refractivity contribution in [3.8, 4) is 5.75 Å². The Balaban J connectivity index is 1.91. The summed E-state index contributed by atoms with van der Waals surface area (Å²) in [6, 6.07) is 8.20. The molecule has 2 nitrogen and oxygen atoms in total. The molecule has 1 aliphatic carbocycles. The quantitative estimate of drug-likeness (QED) is 0.829. The largest absolute Gasteiger partial charge is 0.506 e. The van der Waals surface area contributed by atoms with Crippen molar-refractivity contribution >= 4 is 0 Å². The monoisotopic (exact) mass is 309 g/mol. The number of rotatable bonds is 3. The van der Waals surface area contributed by atoms with Crippen molar-refractivity contribution in [2.75, 3.05) is 0 Å². The summed E-state index contributed by atoms with van der Waals surface area (Å²) >= 11 is 0. The minimum Gasteiger partial charge on any atom is -0.506 e. The average molecular weight is 309 g/mol. The van der Waals surface area contributed by atoms with Gasteiger partial charge < -0.3 is 5.11 Å². The zero-order valence-electron chi connectivity index (χ0n) is 14.5. The number of pyridine rings is 1. The molecule has 1 saturated carbocycles. The molecule has 0 amide bonds. The van der Waals surface area contributed by atoms with Gasteiger partial charge in [-0.25, -0.2) is 0 Å². The zero-order chi connectivity index (χ0) is 16.4. The van der Waals surface area contributed by atoms with Gasteiger partial charge in [0.15, 0.2) is 0 Å². The number of nitrogens with zero attached hydrogens (tertiary/aromatic N) is 1. The van der Waals surface area contributed by atoms with Gasteiger partial charge in [0.25, 0.3) is 0 Å². The summed E-state index contributed by atoms with van der Waals surface area (Å²) in [5, 5.41) is 10.2. The van der Waals surface area contributed by atoms with Gasteiger partial charge in [0.05, 0.1) is 5.69 Å². The zero-order valence-corrected chi connectivity index (χ0v) is 14.5. The van der Waals surface area contributed by atoms with E-state index in [9.17, 15) is 5.11 Å². The third-order valence-electron chi connectivity index (χ3n) is 5.41. The fraction of sp³-hybridized carbons (Fsp3) is 0.476. The highest BCUT2D eigenvalue weighted by Gasteiger charge is 2.20. The Bertz CT molecular complexity index is 699. The second-order valence-electron chi connectivity index (χ2n) is 7.02. The lowest BCUT2D eigenvalue weighted by Crippen LogP contribution is -2.09. The van der Waals surface area contributed by atoms with E-state index in [0.29, 0.717) is 11.7 Å². The van der Waals surface area contributed by atoms with E-state index in [4.69, 9.17) is 4.98 Å². The van der Waals surface area contributed by atoms with Crippen LogP contribution in [-0.4, -0.2) is 10.1 Å². The van der Waals surface area contributed by atoms with Gasteiger partial charge in [-0.1, -0.05) is 31.4 Å². The summed E-state index contributed by atoms with van der Waals surface area (Å²) in [5.74, 6) is 0.807. The number of hydrogen-bond acceptors (Lipinski definition) is 2. The van der Waals surface area contributed by atoms with E-state index in [1.54, 1.807) is 0 Å².